The summed E-state index contributed by atoms with van der Waals surface area (Å²) in [7, 11) is 1.81. The first kappa shape index (κ1) is 13.1. The molecule has 0 amide bonds. The fourth-order valence-electron chi connectivity index (χ4n) is 2.15. The second kappa shape index (κ2) is 5.12. The average molecular weight is 268 g/mol. The van der Waals surface area contributed by atoms with Crippen molar-refractivity contribution in [3.63, 3.8) is 0 Å². The summed E-state index contributed by atoms with van der Waals surface area (Å²) in [6.45, 7) is 3.77. The molecule has 0 aliphatic carbocycles. The highest BCUT2D eigenvalue weighted by Gasteiger charge is 2.20. The van der Waals surface area contributed by atoms with Gasteiger partial charge >= 0.3 is 0 Å². The maximum atomic E-state index is 13.4. The Morgan fingerprint density at radius 3 is 2.50 bits per heavy atom. The van der Waals surface area contributed by atoms with Crippen LogP contribution in [-0.2, 0) is 0 Å². The molecule has 0 saturated heterocycles. The maximum absolute atomic E-state index is 13.4. The van der Waals surface area contributed by atoms with E-state index in [0.717, 1.165) is 17.1 Å². The van der Waals surface area contributed by atoms with Crippen molar-refractivity contribution in [1.29, 1.82) is 0 Å². The zero-order valence-electron chi connectivity index (χ0n) is 10.6. The molecule has 0 saturated carbocycles. The lowest BCUT2D eigenvalue weighted by atomic mass is 9.99. The van der Waals surface area contributed by atoms with Crippen LogP contribution < -0.4 is 5.32 Å². The van der Waals surface area contributed by atoms with E-state index in [0.29, 0.717) is 10.6 Å². The molecule has 4 heteroatoms. The summed E-state index contributed by atoms with van der Waals surface area (Å²) < 4.78 is 18.9. The van der Waals surface area contributed by atoms with Gasteiger partial charge in [0.15, 0.2) is 0 Å². The van der Waals surface area contributed by atoms with E-state index in [1.807, 2.05) is 27.0 Å². The second-order valence-corrected chi connectivity index (χ2v) is 4.66. The molecule has 2 aromatic rings. The Bertz CT molecular complexity index is 565. The fraction of sp³-hybridized carbons (Fsp3) is 0.286. The van der Waals surface area contributed by atoms with Crippen LogP contribution in [0.15, 0.2) is 28.7 Å². The van der Waals surface area contributed by atoms with Crippen LogP contribution >= 0.6 is 11.6 Å². The molecule has 1 aromatic heterocycles. The van der Waals surface area contributed by atoms with E-state index < -0.39 is 0 Å². The van der Waals surface area contributed by atoms with E-state index in [9.17, 15) is 4.39 Å². The molecular formula is C14H15ClFNO. The highest BCUT2D eigenvalue weighted by atomic mass is 35.5. The van der Waals surface area contributed by atoms with Gasteiger partial charge in [0.25, 0.3) is 0 Å². The van der Waals surface area contributed by atoms with Crippen LogP contribution in [0.1, 0.15) is 28.7 Å². The number of hydrogen-bond acceptors (Lipinski definition) is 2. The number of aryl methyl sites for hydroxylation is 2. The van der Waals surface area contributed by atoms with Crippen molar-refractivity contribution in [2.75, 3.05) is 7.05 Å². The minimum Gasteiger partial charge on any atom is -0.466 e. The van der Waals surface area contributed by atoms with Gasteiger partial charge in [-0.2, -0.15) is 0 Å². The van der Waals surface area contributed by atoms with Crippen LogP contribution in [0.4, 0.5) is 4.39 Å². The SMILES string of the molecule is CNC(c1cc(F)ccc1Cl)c1cc(C)oc1C. The molecule has 0 aliphatic rings. The standard InChI is InChI=1S/C14H15ClFNO/c1-8-6-11(9(2)18-8)14(17-3)12-7-10(16)4-5-13(12)15/h4-7,14,17H,1-3H3. The third kappa shape index (κ3) is 2.42. The lowest BCUT2D eigenvalue weighted by molar-refractivity contribution is 0.496. The zero-order chi connectivity index (χ0) is 13.3. The Hall–Kier alpha value is -1.32. The van der Waals surface area contributed by atoms with Crippen molar-refractivity contribution in [3.05, 3.63) is 57.8 Å². The largest absolute Gasteiger partial charge is 0.466 e. The third-order valence-electron chi connectivity index (χ3n) is 2.95. The van der Waals surface area contributed by atoms with Crippen molar-refractivity contribution in [2.24, 2.45) is 0 Å². The second-order valence-electron chi connectivity index (χ2n) is 4.26. The third-order valence-corrected chi connectivity index (χ3v) is 3.29. The summed E-state index contributed by atoms with van der Waals surface area (Å²) >= 11 is 6.14. The van der Waals surface area contributed by atoms with Gasteiger partial charge in [-0.3, -0.25) is 0 Å². The van der Waals surface area contributed by atoms with Crippen LogP contribution in [0.5, 0.6) is 0 Å². The van der Waals surface area contributed by atoms with Gasteiger partial charge in [0.1, 0.15) is 17.3 Å². The van der Waals surface area contributed by atoms with Crippen molar-refractivity contribution in [2.45, 2.75) is 19.9 Å². The Morgan fingerprint density at radius 1 is 1.22 bits per heavy atom. The van der Waals surface area contributed by atoms with E-state index in [1.54, 1.807) is 6.07 Å². The number of hydrogen-bond donors (Lipinski definition) is 1. The molecule has 0 fully saturated rings. The van der Waals surface area contributed by atoms with Crippen LogP contribution in [0, 0.1) is 19.7 Å². The molecule has 18 heavy (non-hydrogen) atoms. The Kier molecular flexibility index (Phi) is 3.73. The van der Waals surface area contributed by atoms with E-state index in [4.69, 9.17) is 16.0 Å². The highest BCUT2D eigenvalue weighted by Crippen LogP contribution is 2.31. The first-order valence-electron chi connectivity index (χ1n) is 5.72. The Labute approximate surface area is 111 Å². The minimum absolute atomic E-state index is 0.175. The number of furan rings is 1. The molecule has 1 N–H and O–H groups in total. The summed E-state index contributed by atoms with van der Waals surface area (Å²) in [5, 5.41) is 3.68. The minimum atomic E-state index is -0.299. The first-order valence-corrected chi connectivity index (χ1v) is 6.10. The number of nitrogens with one attached hydrogen (secondary N) is 1. The first-order chi connectivity index (χ1) is 8.52. The van der Waals surface area contributed by atoms with Gasteiger partial charge in [0, 0.05) is 10.6 Å². The van der Waals surface area contributed by atoms with Gasteiger partial charge in [0.05, 0.1) is 6.04 Å². The molecule has 0 bridgehead atoms. The molecule has 1 unspecified atom stereocenters. The lowest BCUT2D eigenvalue weighted by Crippen LogP contribution is -2.18. The maximum Gasteiger partial charge on any atom is 0.123 e. The monoisotopic (exact) mass is 267 g/mol. The van der Waals surface area contributed by atoms with E-state index in [2.05, 4.69) is 5.32 Å². The molecule has 0 radical (unpaired) electrons. The van der Waals surface area contributed by atoms with Gasteiger partial charge in [-0.25, -0.2) is 4.39 Å². The fourth-order valence-corrected chi connectivity index (χ4v) is 2.38. The Morgan fingerprint density at radius 2 is 1.94 bits per heavy atom. The van der Waals surface area contributed by atoms with Crippen molar-refractivity contribution in [3.8, 4) is 0 Å². The predicted molar refractivity (Wildman–Crippen MR) is 70.5 cm³/mol. The molecular weight excluding hydrogens is 253 g/mol. The van der Waals surface area contributed by atoms with Gasteiger partial charge in [-0.05, 0) is 50.7 Å². The molecule has 2 rings (SSSR count). The summed E-state index contributed by atoms with van der Waals surface area (Å²) in [6.07, 6.45) is 0. The molecule has 2 nitrogen and oxygen atoms in total. The molecule has 0 spiro atoms. The summed E-state index contributed by atoms with van der Waals surface area (Å²) in [4.78, 5) is 0. The lowest BCUT2D eigenvalue weighted by Gasteiger charge is -2.17. The predicted octanol–water partition coefficient (Wildman–Crippen LogP) is 4.00. The van der Waals surface area contributed by atoms with Gasteiger partial charge in [-0.1, -0.05) is 11.6 Å². The van der Waals surface area contributed by atoms with Crippen LogP contribution in [-0.4, -0.2) is 7.05 Å². The Balaban J connectivity index is 2.51. The van der Waals surface area contributed by atoms with Crippen LogP contribution in [0.25, 0.3) is 0 Å². The van der Waals surface area contributed by atoms with Crippen LogP contribution in [0.2, 0.25) is 5.02 Å². The molecule has 1 heterocycles. The van der Waals surface area contributed by atoms with Crippen molar-refractivity contribution in [1.82, 2.24) is 5.32 Å². The molecule has 96 valence electrons. The smallest absolute Gasteiger partial charge is 0.123 e. The normalized spacial score (nSPS) is 12.7. The van der Waals surface area contributed by atoms with Crippen LogP contribution in [0.3, 0.4) is 0 Å². The molecule has 0 aliphatic heterocycles. The topological polar surface area (TPSA) is 25.2 Å². The summed E-state index contributed by atoms with van der Waals surface area (Å²) in [6, 6.07) is 6.14. The van der Waals surface area contributed by atoms with E-state index in [1.165, 1.54) is 12.1 Å². The van der Waals surface area contributed by atoms with Gasteiger partial charge < -0.3 is 9.73 Å². The van der Waals surface area contributed by atoms with Crippen molar-refractivity contribution < 1.29 is 8.81 Å². The molecule has 1 aromatic carbocycles. The number of halogens is 2. The molecule has 1 atom stereocenters. The van der Waals surface area contributed by atoms with E-state index >= 15 is 0 Å². The summed E-state index contributed by atoms with van der Waals surface area (Å²) in [5.74, 6) is 1.34. The number of rotatable bonds is 3. The van der Waals surface area contributed by atoms with E-state index in [-0.39, 0.29) is 11.9 Å². The average Bonchev–Trinajstić information content (AvgIpc) is 2.64. The quantitative estimate of drug-likeness (QED) is 0.909. The zero-order valence-corrected chi connectivity index (χ0v) is 11.3. The highest BCUT2D eigenvalue weighted by molar-refractivity contribution is 6.31. The van der Waals surface area contributed by atoms with Crippen molar-refractivity contribution >= 4 is 11.6 Å². The van der Waals surface area contributed by atoms with Gasteiger partial charge in [-0.15, -0.1) is 0 Å². The number of benzene rings is 1. The van der Waals surface area contributed by atoms with Gasteiger partial charge in [0.2, 0.25) is 0 Å². The summed E-state index contributed by atoms with van der Waals surface area (Å²) in [5.41, 5.74) is 1.69.